The molecule has 7 nitrogen and oxygen atoms in total. The predicted molar refractivity (Wildman–Crippen MR) is 151 cm³/mol. The molecule has 2 aliphatic carbocycles. The van der Waals surface area contributed by atoms with Crippen molar-refractivity contribution in [2.45, 2.75) is 55.4 Å². The van der Waals surface area contributed by atoms with Crippen LogP contribution in [-0.4, -0.2) is 23.2 Å². The highest BCUT2D eigenvalue weighted by Gasteiger charge is 2.69. The van der Waals surface area contributed by atoms with Gasteiger partial charge in [0.2, 0.25) is 0 Å². The minimum atomic E-state index is -4.90. The van der Waals surface area contributed by atoms with Crippen LogP contribution in [0.5, 0.6) is 0 Å². The van der Waals surface area contributed by atoms with E-state index in [9.17, 15) is 4.79 Å². The summed E-state index contributed by atoms with van der Waals surface area (Å²) in [7, 11) is 0. The third-order valence-corrected chi connectivity index (χ3v) is 8.56. The second-order valence-electron chi connectivity index (χ2n) is 11.1. The van der Waals surface area contributed by atoms with Gasteiger partial charge in [-0.3, -0.25) is 9.80 Å². The number of primary amides is 1. The number of nitrogens with two attached hydrogens (primary N) is 3. The van der Waals surface area contributed by atoms with Crippen molar-refractivity contribution in [2.75, 3.05) is 5.01 Å². The van der Waals surface area contributed by atoms with E-state index in [0.29, 0.717) is 29.9 Å². The fourth-order valence-electron chi connectivity index (χ4n) is 6.15. The fraction of sp³-hybridized carbons (Fsp3) is 0.355. The topological polar surface area (TPSA) is 134 Å². The van der Waals surface area contributed by atoms with Crippen LogP contribution in [0.3, 0.4) is 0 Å². The standard InChI is InChI=1S/C31H33F3N6O/c32-31(33,34)30(17-27(28(37)41)40(39-30)25-6-3-4-21(16-25)19-36)29(38)15-2-1-5-24(29)13-14-26(23-11-12-23)22-9-7-20(18-35)8-10-22/h1-10,15-17,23-24,26,39H,11-14,19,36,38H2,(H2,37,41). The number of nitrogens with zero attached hydrogens (tertiary/aromatic N) is 2. The average Bonchev–Trinajstić information content (AvgIpc) is 3.70. The maximum Gasteiger partial charge on any atom is 0.414 e. The number of halogens is 3. The summed E-state index contributed by atoms with van der Waals surface area (Å²) < 4.78 is 45.9. The number of carbonyl (C=O) groups is 1. The highest BCUT2D eigenvalue weighted by molar-refractivity contribution is 5.97. The molecule has 1 aliphatic heterocycles. The van der Waals surface area contributed by atoms with Crippen LogP contribution in [0.2, 0.25) is 0 Å². The van der Waals surface area contributed by atoms with Crippen molar-refractivity contribution in [3.63, 3.8) is 0 Å². The summed E-state index contributed by atoms with van der Waals surface area (Å²) in [5, 5.41) is 10.2. The number of allylic oxidation sites excluding steroid dienone is 2. The third-order valence-electron chi connectivity index (χ3n) is 8.56. The Hall–Kier alpha value is -3.91. The molecule has 0 bridgehead atoms. The molecular weight excluding hydrogens is 529 g/mol. The van der Waals surface area contributed by atoms with Crippen molar-refractivity contribution in [3.05, 3.63) is 101 Å². The quantitative estimate of drug-likeness (QED) is 0.357. The van der Waals surface area contributed by atoms with Crippen molar-refractivity contribution in [1.29, 1.82) is 5.26 Å². The molecule has 2 aromatic carbocycles. The van der Waals surface area contributed by atoms with E-state index in [1.807, 2.05) is 12.1 Å². The van der Waals surface area contributed by atoms with Crippen LogP contribution in [-0.2, 0) is 11.3 Å². The zero-order chi connectivity index (χ0) is 29.4. The SMILES string of the molecule is N#Cc1ccc(C(CCC2C=CC=CC2(N)C2(C(F)(F)F)C=C(C(N)=O)N(c3cccc(CN)c3)N2)C2CC2)cc1. The molecule has 5 rings (SSSR count). The van der Waals surface area contributed by atoms with Crippen LogP contribution in [0.15, 0.2) is 84.6 Å². The maximum absolute atomic E-state index is 15.3. The van der Waals surface area contributed by atoms with Gasteiger partial charge in [-0.25, -0.2) is 5.43 Å². The molecule has 10 heteroatoms. The Morgan fingerprint density at radius 1 is 1.17 bits per heavy atom. The third kappa shape index (κ3) is 5.17. The molecule has 214 valence electrons. The molecule has 2 aromatic rings. The zero-order valence-electron chi connectivity index (χ0n) is 22.4. The Bertz CT molecular complexity index is 1440. The second kappa shape index (κ2) is 10.8. The second-order valence-corrected chi connectivity index (χ2v) is 11.1. The van der Waals surface area contributed by atoms with Gasteiger partial charge in [0.05, 0.1) is 22.9 Å². The Labute approximate surface area is 237 Å². The van der Waals surface area contributed by atoms with Gasteiger partial charge in [-0.05, 0) is 79.0 Å². The molecule has 7 N–H and O–H groups in total. The molecule has 1 heterocycles. The number of nitrogens with one attached hydrogen (secondary N) is 1. The lowest BCUT2D eigenvalue weighted by Crippen LogP contribution is -2.75. The Kier molecular flexibility index (Phi) is 7.55. The summed E-state index contributed by atoms with van der Waals surface area (Å²) in [5.74, 6) is -1.17. The summed E-state index contributed by atoms with van der Waals surface area (Å²) in [6.07, 6.45) is 5.34. The smallest absolute Gasteiger partial charge is 0.364 e. The van der Waals surface area contributed by atoms with E-state index >= 15 is 13.2 Å². The van der Waals surface area contributed by atoms with Crippen LogP contribution < -0.4 is 27.6 Å². The van der Waals surface area contributed by atoms with Gasteiger partial charge < -0.3 is 17.2 Å². The predicted octanol–water partition coefficient (Wildman–Crippen LogP) is 4.43. The lowest BCUT2D eigenvalue weighted by molar-refractivity contribution is -0.197. The van der Waals surface area contributed by atoms with Crippen molar-refractivity contribution < 1.29 is 18.0 Å². The number of hydrogen-bond donors (Lipinski definition) is 4. The van der Waals surface area contributed by atoms with E-state index in [0.717, 1.165) is 29.5 Å². The number of carbonyl (C=O) groups excluding carboxylic acids is 1. The minimum Gasteiger partial charge on any atom is -0.364 e. The highest BCUT2D eigenvalue weighted by Crippen LogP contribution is 2.51. The van der Waals surface area contributed by atoms with Gasteiger partial charge >= 0.3 is 6.18 Å². The molecular formula is C31H33F3N6O. The molecule has 0 saturated heterocycles. The number of hydrazine groups is 1. The number of hydrogen-bond acceptors (Lipinski definition) is 6. The molecule has 1 amide bonds. The van der Waals surface area contributed by atoms with Gasteiger partial charge in [0.15, 0.2) is 5.54 Å². The van der Waals surface area contributed by atoms with Crippen LogP contribution in [0.25, 0.3) is 0 Å². The highest BCUT2D eigenvalue weighted by atomic mass is 19.4. The molecule has 1 fully saturated rings. The first-order valence-electron chi connectivity index (χ1n) is 13.6. The Balaban J connectivity index is 1.50. The number of anilines is 1. The molecule has 4 atom stereocenters. The zero-order valence-corrected chi connectivity index (χ0v) is 22.4. The number of nitriles is 1. The molecule has 3 aliphatic rings. The van der Waals surface area contributed by atoms with Crippen LogP contribution in [0.1, 0.15) is 48.3 Å². The van der Waals surface area contributed by atoms with Gasteiger partial charge in [0.1, 0.15) is 5.70 Å². The van der Waals surface area contributed by atoms with Gasteiger partial charge in [-0.15, -0.1) is 0 Å². The summed E-state index contributed by atoms with van der Waals surface area (Å²) in [4.78, 5) is 12.5. The Morgan fingerprint density at radius 2 is 1.90 bits per heavy atom. The lowest BCUT2D eigenvalue weighted by atomic mass is 9.65. The Morgan fingerprint density at radius 3 is 2.51 bits per heavy atom. The van der Waals surface area contributed by atoms with E-state index in [1.165, 1.54) is 12.2 Å². The first-order valence-corrected chi connectivity index (χ1v) is 13.6. The first-order chi connectivity index (χ1) is 19.5. The minimum absolute atomic E-state index is 0.136. The molecule has 0 aromatic heterocycles. The molecule has 1 saturated carbocycles. The number of alkyl halides is 3. The molecule has 0 spiro atoms. The molecule has 4 unspecified atom stereocenters. The normalized spacial score (nSPS) is 26.5. The number of rotatable bonds is 9. The van der Waals surface area contributed by atoms with E-state index in [2.05, 4.69) is 11.5 Å². The number of benzene rings is 2. The van der Waals surface area contributed by atoms with Gasteiger partial charge in [-0.2, -0.15) is 18.4 Å². The summed E-state index contributed by atoms with van der Waals surface area (Å²) in [5.41, 5.74) is 18.2. The van der Waals surface area contributed by atoms with Crippen molar-refractivity contribution in [3.8, 4) is 6.07 Å². The van der Waals surface area contributed by atoms with E-state index in [-0.39, 0.29) is 23.8 Å². The van der Waals surface area contributed by atoms with Crippen LogP contribution in [0.4, 0.5) is 18.9 Å². The largest absolute Gasteiger partial charge is 0.414 e. The van der Waals surface area contributed by atoms with E-state index in [4.69, 9.17) is 22.5 Å². The fourth-order valence-corrected chi connectivity index (χ4v) is 6.15. The van der Waals surface area contributed by atoms with E-state index < -0.39 is 29.1 Å². The average molecular weight is 563 g/mol. The number of amides is 1. The summed E-state index contributed by atoms with van der Waals surface area (Å²) >= 11 is 0. The summed E-state index contributed by atoms with van der Waals surface area (Å²) in [6.45, 7) is 0.166. The van der Waals surface area contributed by atoms with E-state index in [1.54, 1.807) is 48.6 Å². The van der Waals surface area contributed by atoms with Crippen molar-refractivity contribution >= 4 is 11.6 Å². The lowest BCUT2D eigenvalue weighted by Gasteiger charge is -2.49. The van der Waals surface area contributed by atoms with Crippen LogP contribution >= 0.6 is 0 Å². The monoisotopic (exact) mass is 562 g/mol. The molecule has 41 heavy (non-hydrogen) atoms. The molecule has 0 radical (unpaired) electrons. The first kappa shape index (κ1) is 28.6. The van der Waals surface area contributed by atoms with Crippen molar-refractivity contribution in [2.24, 2.45) is 29.0 Å². The maximum atomic E-state index is 15.3. The summed E-state index contributed by atoms with van der Waals surface area (Å²) in [6, 6.07) is 16.1. The van der Waals surface area contributed by atoms with Crippen molar-refractivity contribution in [1.82, 2.24) is 5.43 Å². The van der Waals surface area contributed by atoms with Gasteiger partial charge in [-0.1, -0.05) is 48.6 Å². The van der Waals surface area contributed by atoms with Gasteiger partial charge in [0, 0.05) is 12.5 Å². The van der Waals surface area contributed by atoms with Crippen LogP contribution in [0, 0.1) is 23.2 Å². The van der Waals surface area contributed by atoms with Gasteiger partial charge in [0.25, 0.3) is 5.91 Å².